The first-order valence-corrected chi connectivity index (χ1v) is 11.1. The van der Waals surface area contributed by atoms with Crippen molar-refractivity contribution in [1.29, 1.82) is 0 Å². The van der Waals surface area contributed by atoms with Gasteiger partial charge >= 0.3 is 11.9 Å². The normalized spacial score (nSPS) is 10.9. The van der Waals surface area contributed by atoms with Gasteiger partial charge in [0.25, 0.3) is 0 Å². The van der Waals surface area contributed by atoms with E-state index < -0.39 is 21.8 Å². The number of esters is 2. The van der Waals surface area contributed by atoms with Gasteiger partial charge in [-0.2, -0.15) is 0 Å². The van der Waals surface area contributed by atoms with E-state index in [1.807, 2.05) is 0 Å². The molecule has 0 amide bonds. The number of ether oxygens (including phenoxy) is 2. The molecule has 0 N–H and O–H groups in total. The Morgan fingerprint density at radius 3 is 1.30 bits per heavy atom. The van der Waals surface area contributed by atoms with E-state index in [1.54, 1.807) is 24.3 Å². The number of pyridine rings is 2. The highest BCUT2D eigenvalue weighted by molar-refractivity contribution is 7.91. The maximum Gasteiger partial charge on any atom is 0.362 e. The van der Waals surface area contributed by atoms with Gasteiger partial charge in [-0.15, -0.1) is 0 Å². The second kappa shape index (κ2) is 9.41. The molecule has 0 aliphatic rings. The molecule has 0 aliphatic carbocycles. The third-order valence-corrected chi connectivity index (χ3v) is 6.22. The number of hydrogen-bond donors (Lipinski definition) is 0. The zero-order valence-corrected chi connectivity index (χ0v) is 17.8. The molecule has 0 saturated heterocycles. The van der Waals surface area contributed by atoms with E-state index in [9.17, 15) is 18.0 Å². The summed E-state index contributed by atoms with van der Waals surface area (Å²) in [6, 6.07) is 20.6. The Labute approximate surface area is 189 Å². The van der Waals surface area contributed by atoms with Crippen molar-refractivity contribution >= 4 is 21.8 Å². The Hall–Kier alpha value is -4.37. The van der Waals surface area contributed by atoms with Gasteiger partial charge in [-0.3, -0.25) is 0 Å². The number of benzene rings is 2. The van der Waals surface area contributed by atoms with Gasteiger partial charge in [0.1, 0.15) is 22.9 Å². The molecule has 0 spiro atoms. The fourth-order valence-corrected chi connectivity index (χ4v) is 4.06. The predicted octanol–water partition coefficient (Wildman–Crippen LogP) is 3.75. The molecule has 8 nitrogen and oxygen atoms in total. The van der Waals surface area contributed by atoms with Crippen molar-refractivity contribution in [3.8, 4) is 11.5 Å². The lowest BCUT2D eigenvalue weighted by Crippen LogP contribution is -2.10. The summed E-state index contributed by atoms with van der Waals surface area (Å²) in [4.78, 5) is 32.0. The van der Waals surface area contributed by atoms with Crippen molar-refractivity contribution in [2.75, 3.05) is 0 Å². The zero-order chi connectivity index (χ0) is 23.3. The SMILES string of the molecule is O=C(Oc1ccc(S(=O)(=O)c2ccc(OC(=O)c3ccccn3)cc2)cc1)c1ccccn1. The van der Waals surface area contributed by atoms with Crippen LogP contribution in [0, 0.1) is 0 Å². The quantitative estimate of drug-likeness (QED) is 0.316. The van der Waals surface area contributed by atoms with Crippen molar-refractivity contribution in [2.45, 2.75) is 9.79 Å². The van der Waals surface area contributed by atoms with E-state index in [0.29, 0.717) is 0 Å². The van der Waals surface area contributed by atoms with Crippen molar-refractivity contribution in [1.82, 2.24) is 9.97 Å². The number of rotatable bonds is 6. The topological polar surface area (TPSA) is 113 Å². The molecule has 2 aromatic heterocycles. The number of aromatic nitrogens is 2. The number of sulfone groups is 1. The highest BCUT2D eigenvalue weighted by atomic mass is 32.2. The number of carbonyl (C=O) groups is 2. The Morgan fingerprint density at radius 1 is 0.576 bits per heavy atom. The molecule has 0 saturated carbocycles. The molecule has 4 rings (SSSR count). The van der Waals surface area contributed by atoms with Gasteiger partial charge in [0, 0.05) is 12.4 Å². The average Bonchev–Trinajstić information content (AvgIpc) is 2.86. The molecule has 2 aromatic carbocycles. The first-order chi connectivity index (χ1) is 15.9. The summed E-state index contributed by atoms with van der Waals surface area (Å²) in [5.41, 5.74) is 0.274. The smallest absolute Gasteiger partial charge is 0.362 e. The van der Waals surface area contributed by atoms with Gasteiger partial charge < -0.3 is 9.47 Å². The van der Waals surface area contributed by atoms with Gasteiger partial charge in [-0.25, -0.2) is 28.0 Å². The zero-order valence-electron chi connectivity index (χ0n) is 17.0. The van der Waals surface area contributed by atoms with Crippen molar-refractivity contribution < 1.29 is 27.5 Å². The summed E-state index contributed by atoms with van der Waals surface area (Å²) < 4.78 is 36.2. The molecule has 0 atom stereocenters. The average molecular weight is 460 g/mol. The minimum Gasteiger partial charge on any atom is -0.422 e. The molecule has 0 unspecified atom stereocenters. The Balaban J connectivity index is 1.45. The Bertz CT molecular complexity index is 1270. The van der Waals surface area contributed by atoms with Crippen molar-refractivity contribution in [3.05, 3.63) is 109 Å². The molecule has 33 heavy (non-hydrogen) atoms. The highest BCUT2D eigenvalue weighted by Gasteiger charge is 2.19. The van der Waals surface area contributed by atoms with Crippen LogP contribution in [-0.4, -0.2) is 30.3 Å². The summed E-state index contributed by atoms with van der Waals surface area (Å²) in [6.07, 6.45) is 2.94. The summed E-state index contributed by atoms with van der Waals surface area (Å²) >= 11 is 0. The maximum absolute atomic E-state index is 12.9. The van der Waals surface area contributed by atoms with E-state index in [0.717, 1.165) is 0 Å². The van der Waals surface area contributed by atoms with E-state index >= 15 is 0 Å². The van der Waals surface area contributed by atoms with Crippen LogP contribution < -0.4 is 9.47 Å². The van der Waals surface area contributed by atoms with E-state index in [1.165, 1.54) is 73.1 Å². The molecular formula is C24H16N2O6S. The molecule has 0 bridgehead atoms. The minimum absolute atomic E-state index is 0.0124. The number of hydrogen-bond acceptors (Lipinski definition) is 8. The second-order valence-corrected chi connectivity index (χ2v) is 8.60. The summed E-state index contributed by atoms with van der Waals surface area (Å²) in [5.74, 6) is -0.938. The summed E-state index contributed by atoms with van der Waals surface area (Å²) in [7, 11) is -3.84. The second-order valence-electron chi connectivity index (χ2n) is 6.66. The van der Waals surface area contributed by atoms with Gasteiger partial charge in [0.15, 0.2) is 0 Å². The number of carbonyl (C=O) groups excluding carboxylic acids is 2. The molecule has 2 heterocycles. The van der Waals surface area contributed by atoms with E-state index in [2.05, 4.69) is 9.97 Å². The highest BCUT2D eigenvalue weighted by Crippen LogP contribution is 2.25. The minimum atomic E-state index is -3.84. The first kappa shape index (κ1) is 21.8. The van der Waals surface area contributed by atoms with Crippen molar-refractivity contribution in [3.63, 3.8) is 0 Å². The van der Waals surface area contributed by atoms with Crippen LogP contribution >= 0.6 is 0 Å². The molecule has 0 fully saturated rings. The van der Waals surface area contributed by atoms with Crippen LogP contribution in [0.1, 0.15) is 21.0 Å². The predicted molar refractivity (Wildman–Crippen MR) is 117 cm³/mol. The fraction of sp³-hybridized carbons (Fsp3) is 0. The number of nitrogens with zero attached hydrogens (tertiary/aromatic N) is 2. The van der Waals surface area contributed by atoms with E-state index in [-0.39, 0.29) is 32.7 Å². The largest absolute Gasteiger partial charge is 0.422 e. The Morgan fingerprint density at radius 2 is 0.970 bits per heavy atom. The first-order valence-electron chi connectivity index (χ1n) is 9.65. The Kier molecular flexibility index (Phi) is 6.23. The third kappa shape index (κ3) is 5.10. The van der Waals surface area contributed by atoms with Gasteiger partial charge in [0.05, 0.1) is 9.79 Å². The molecule has 0 radical (unpaired) electrons. The lowest BCUT2D eigenvalue weighted by Gasteiger charge is -2.08. The fourth-order valence-electron chi connectivity index (χ4n) is 2.80. The maximum atomic E-state index is 12.9. The molecule has 9 heteroatoms. The molecule has 4 aromatic rings. The third-order valence-electron chi connectivity index (χ3n) is 4.44. The summed E-state index contributed by atoms with van der Waals surface area (Å²) in [5, 5.41) is 0. The van der Waals surface area contributed by atoms with Crippen LogP contribution in [0.2, 0.25) is 0 Å². The van der Waals surface area contributed by atoms with Crippen LogP contribution in [0.5, 0.6) is 11.5 Å². The van der Waals surface area contributed by atoms with Crippen LogP contribution in [-0.2, 0) is 9.84 Å². The standard InChI is InChI=1S/C24H16N2O6S/c27-23(21-5-1-3-15-25-21)31-17-7-11-19(12-8-17)33(29,30)20-13-9-18(10-14-20)32-24(28)22-6-2-4-16-26-22/h1-16H. The van der Waals surface area contributed by atoms with Crippen LogP contribution in [0.25, 0.3) is 0 Å². The van der Waals surface area contributed by atoms with Gasteiger partial charge in [-0.1, -0.05) is 12.1 Å². The monoisotopic (exact) mass is 460 g/mol. The lowest BCUT2D eigenvalue weighted by molar-refractivity contribution is 0.0719. The molecule has 0 aliphatic heterocycles. The summed E-state index contributed by atoms with van der Waals surface area (Å²) in [6.45, 7) is 0. The molecule has 164 valence electrons. The van der Waals surface area contributed by atoms with E-state index in [4.69, 9.17) is 9.47 Å². The van der Waals surface area contributed by atoms with Gasteiger partial charge in [0.2, 0.25) is 9.84 Å². The molecular weight excluding hydrogens is 444 g/mol. The lowest BCUT2D eigenvalue weighted by atomic mass is 10.3. The van der Waals surface area contributed by atoms with Crippen LogP contribution in [0.15, 0.2) is 107 Å². The van der Waals surface area contributed by atoms with Crippen molar-refractivity contribution in [2.24, 2.45) is 0 Å². The van der Waals surface area contributed by atoms with Crippen LogP contribution in [0.3, 0.4) is 0 Å². The van der Waals surface area contributed by atoms with Crippen LogP contribution in [0.4, 0.5) is 0 Å². The van der Waals surface area contributed by atoms with Gasteiger partial charge in [-0.05, 0) is 72.8 Å².